The molecule has 0 aromatic heterocycles. The van der Waals surface area contributed by atoms with E-state index in [1.165, 1.54) is 12.1 Å². The number of unbranched alkanes of at least 4 members (excludes halogenated alkanes) is 1. The number of anilines is 2. The minimum Gasteiger partial charge on any atom is -0.594 e. The number of benzene rings is 1. The number of hydrogen-bond donors (Lipinski definition) is 0. The van der Waals surface area contributed by atoms with E-state index in [1.54, 1.807) is 6.92 Å². The van der Waals surface area contributed by atoms with Crippen LogP contribution in [0.4, 0.5) is 20.2 Å². The third kappa shape index (κ3) is 3.34. The van der Waals surface area contributed by atoms with Crippen LogP contribution in [0, 0.1) is 5.21 Å². The number of nitrogens with zero attached hydrogens (tertiary/aromatic N) is 3. The molecule has 1 aromatic carbocycles. The quantitative estimate of drug-likeness (QED) is 0.317. The summed E-state index contributed by atoms with van der Waals surface area (Å²) < 4.78 is 38.9. The van der Waals surface area contributed by atoms with Gasteiger partial charge in [0.1, 0.15) is 12.2 Å². The van der Waals surface area contributed by atoms with Crippen molar-refractivity contribution in [1.29, 1.82) is 0 Å². The number of esters is 1. The molecule has 28 heavy (non-hydrogen) atoms. The van der Waals surface area contributed by atoms with Crippen LogP contribution < -0.4 is 9.91 Å². The molecule has 0 bridgehead atoms. The summed E-state index contributed by atoms with van der Waals surface area (Å²) in [5.41, 5.74) is -0.254. The summed E-state index contributed by atoms with van der Waals surface area (Å²) in [6.07, 6.45) is 1.26. The highest BCUT2D eigenvalue weighted by molar-refractivity contribution is 6.06. The molecule has 3 rings (SSSR count). The number of hydrazine groups is 1. The number of amides is 1. The Morgan fingerprint density at radius 1 is 1.43 bits per heavy atom. The zero-order chi connectivity index (χ0) is 20.5. The SMILES string of the molecule is CCCCOC(=O)[C@H]1CN(c2ccc3c(c2)C(F)(F)C(=O)N3CC)[N+]([O-])=CO1. The summed E-state index contributed by atoms with van der Waals surface area (Å²) in [7, 11) is 0. The van der Waals surface area contributed by atoms with Crippen LogP contribution in [0.3, 0.4) is 0 Å². The first kappa shape index (κ1) is 19.8. The zero-order valence-electron chi connectivity index (χ0n) is 15.6. The highest BCUT2D eigenvalue weighted by Crippen LogP contribution is 2.45. The summed E-state index contributed by atoms with van der Waals surface area (Å²) in [5, 5.41) is 13.2. The molecule has 0 spiro atoms. The van der Waals surface area contributed by atoms with E-state index in [0.717, 1.165) is 28.8 Å². The maximum Gasteiger partial charge on any atom is 0.366 e. The standard InChI is InChI=1S/C18H21F2N3O5/c1-3-5-8-27-16(24)15-10-22(23(26)11-28-15)12-6-7-14-13(9-12)18(19,20)17(25)21(14)4-2/h6-7,9,11,15H,3-5,8,10H2,1-2H3/t15-/m1/s1. The minimum atomic E-state index is -3.68. The number of rotatable bonds is 6. The van der Waals surface area contributed by atoms with Gasteiger partial charge < -0.3 is 19.6 Å². The lowest BCUT2D eigenvalue weighted by Gasteiger charge is -2.28. The van der Waals surface area contributed by atoms with Gasteiger partial charge in [-0.2, -0.15) is 8.78 Å². The first-order chi connectivity index (χ1) is 13.3. The van der Waals surface area contributed by atoms with Crippen LogP contribution in [-0.2, 0) is 25.0 Å². The molecule has 1 atom stereocenters. The third-order valence-corrected chi connectivity index (χ3v) is 4.63. The zero-order valence-corrected chi connectivity index (χ0v) is 15.6. The Kier molecular flexibility index (Phi) is 5.39. The van der Waals surface area contributed by atoms with Crippen molar-refractivity contribution in [3.05, 3.63) is 29.0 Å². The van der Waals surface area contributed by atoms with Crippen molar-refractivity contribution in [3.63, 3.8) is 0 Å². The van der Waals surface area contributed by atoms with E-state index in [9.17, 15) is 23.6 Å². The second-order valence-electron chi connectivity index (χ2n) is 6.46. The monoisotopic (exact) mass is 397 g/mol. The fourth-order valence-corrected chi connectivity index (χ4v) is 3.10. The Bertz CT molecular complexity index is 814. The lowest BCUT2D eigenvalue weighted by atomic mass is 10.1. The number of likely N-dealkylation sites (N-methyl/N-ethyl adjacent to an activating group) is 1. The minimum absolute atomic E-state index is 0.103. The lowest BCUT2D eigenvalue weighted by molar-refractivity contribution is -0.486. The largest absolute Gasteiger partial charge is 0.594 e. The molecule has 2 aliphatic heterocycles. The molecule has 152 valence electrons. The normalized spacial score (nSPS) is 20.5. The Morgan fingerprint density at radius 2 is 2.18 bits per heavy atom. The van der Waals surface area contributed by atoms with Crippen molar-refractivity contribution >= 4 is 29.7 Å². The molecule has 0 saturated heterocycles. The number of ether oxygens (including phenoxy) is 2. The molecule has 2 heterocycles. The van der Waals surface area contributed by atoms with Crippen molar-refractivity contribution in [1.82, 2.24) is 0 Å². The predicted molar refractivity (Wildman–Crippen MR) is 96.1 cm³/mol. The number of carbonyl (C=O) groups excluding carboxylic acids is 2. The van der Waals surface area contributed by atoms with Crippen molar-refractivity contribution in [3.8, 4) is 0 Å². The van der Waals surface area contributed by atoms with Crippen molar-refractivity contribution in [2.75, 3.05) is 29.6 Å². The van der Waals surface area contributed by atoms with Gasteiger partial charge in [0.2, 0.25) is 6.10 Å². The molecule has 8 nitrogen and oxygen atoms in total. The van der Waals surface area contributed by atoms with E-state index in [1.807, 2.05) is 6.92 Å². The highest BCUT2D eigenvalue weighted by atomic mass is 19.3. The molecule has 0 saturated carbocycles. The summed E-state index contributed by atoms with van der Waals surface area (Å²) in [6, 6.07) is 3.90. The highest BCUT2D eigenvalue weighted by Gasteiger charge is 2.52. The smallest absolute Gasteiger partial charge is 0.366 e. The van der Waals surface area contributed by atoms with Crippen LogP contribution in [-0.4, -0.2) is 48.9 Å². The molecule has 0 fully saturated rings. The van der Waals surface area contributed by atoms with E-state index in [-0.39, 0.29) is 31.1 Å². The maximum absolute atomic E-state index is 14.4. The lowest BCUT2D eigenvalue weighted by Crippen LogP contribution is -2.48. The van der Waals surface area contributed by atoms with Crippen molar-refractivity contribution in [2.45, 2.75) is 38.7 Å². The van der Waals surface area contributed by atoms with Crippen molar-refractivity contribution in [2.24, 2.45) is 0 Å². The van der Waals surface area contributed by atoms with Crippen LogP contribution in [0.5, 0.6) is 0 Å². The molecule has 1 aromatic rings. The second kappa shape index (κ2) is 7.61. The van der Waals surface area contributed by atoms with Gasteiger partial charge in [-0.15, -0.1) is 5.01 Å². The van der Waals surface area contributed by atoms with E-state index < -0.39 is 29.5 Å². The van der Waals surface area contributed by atoms with Gasteiger partial charge in [-0.25, -0.2) is 4.79 Å². The van der Waals surface area contributed by atoms with Gasteiger partial charge in [0, 0.05) is 6.54 Å². The van der Waals surface area contributed by atoms with Gasteiger partial charge in [-0.3, -0.25) is 4.79 Å². The summed E-state index contributed by atoms with van der Waals surface area (Å²) >= 11 is 0. The Labute approximate surface area is 160 Å². The maximum atomic E-state index is 14.4. The second-order valence-corrected chi connectivity index (χ2v) is 6.46. The number of halogens is 2. The van der Waals surface area contributed by atoms with E-state index >= 15 is 0 Å². The fraction of sp³-hybridized carbons (Fsp3) is 0.500. The molecule has 0 aliphatic carbocycles. The fourth-order valence-electron chi connectivity index (χ4n) is 3.10. The number of hydrogen-bond acceptors (Lipinski definition) is 6. The van der Waals surface area contributed by atoms with Crippen LogP contribution in [0.2, 0.25) is 0 Å². The molecular weight excluding hydrogens is 376 g/mol. The molecule has 1 amide bonds. The number of alkyl halides is 2. The van der Waals surface area contributed by atoms with E-state index in [2.05, 4.69) is 0 Å². The van der Waals surface area contributed by atoms with Gasteiger partial charge in [0.15, 0.2) is 0 Å². The Balaban J connectivity index is 1.85. The summed E-state index contributed by atoms with van der Waals surface area (Å²) in [5.74, 6) is -5.61. The molecular formula is C18H21F2N3O5. The average Bonchev–Trinajstić information content (AvgIpc) is 2.87. The molecule has 0 unspecified atom stereocenters. The van der Waals surface area contributed by atoms with Crippen LogP contribution in [0.15, 0.2) is 18.2 Å². The third-order valence-electron chi connectivity index (χ3n) is 4.63. The van der Waals surface area contributed by atoms with Gasteiger partial charge in [0.25, 0.3) is 0 Å². The van der Waals surface area contributed by atoms with Gasteiger partial charge in [-0.1, -0.05) is 13.3 Å². The first-order valence-corrected chi connectivity index (χ1v) is 9.04. The Hall–Kier alpha value is -2.91. The predicted octanol–water partition coefficient (Wildman–Crippen LogP) is 2.15. The van der Waals surface area contributed by atoms with Crippen LogP contribution >= 0.6 is 0 Å². The number of hydrazone groups is 1. The summed E-state index contributed by atoms with van der Waals surface area (Å²) in [6.45, 7) is 3.67. The molecule has 2 aliphatic rings. The van der Waals surface area contributed by atoms with E-state index in [0.29, 0.717) is 11.3 Å². The van der Waals surface area contributed by atoms with Crippen molar-refractivity contribution < 1.29 is 32.7 Å². The number of carbonyl (C=O) groups is 2. The summed E-state index contributed by atoms with van der Waals surface area (Å²) in [4.78, 5) is 25.3. The first-order valence-electron chi connectivity index (χ1n) is 9.04. The molecule has 0 N–H and O–H groups in total. The van der Waals surface area contributed by atoms with Gasteiger partial charge >= 0.3 is 24.2 Å². The molecule has 10 heteroatoms. The van der Waals surface area contributed by atoms with E-state index in [4.69, 9.17) is 9.47 Å². The Morgan fingerprint density at radius 3 is 2.86 bits per heavy atom. The van der Waals surface area contributed by atoms with Gasteiger partial charge in [-0.05, 0) is 36.4 Å². The van der Waals surface area contributed by atoms with Gasteiger partial charge in [0.05, 0.1) is 17.9 Å². The van der Waals surface area contributed by atoms with Crippen LogP contribution in [0.25, 0.3) is 0 Å². The average molecular weight is 397 g/mol. The topological polar surface area (TPSA) is 85.2 Å². The number of fused-ring (bicyclic) bond motifs is 1. The molecule has 0 radical (unpaired) electrons. The van der Waals surface area contributed by atoms with Crippen LogP contribution in [0.1, 0.15) is 32.3 Å².